The van der Waals surface area contributed by atoms with Crippen molar-refractivity contribution in [1.29, 1.82) is 10.5 Å². The molecule has 1 heterocycles. The van der Waals surface area contributed by atoms with Crippen LogP contribution in [0.3, 0.4) is 0 Å². The van der Waals surface area contributed by atoms with Gasteiger partial charge in [0.15, 0.2) is 0 Å². The Morgan fingerprint density at radius 3 is 2.60 bits per heavy atom. The van der Waals surface area contributed by atoms with Gasteiger partial charge in [-0.1, -0.05) is 23.4 Å². The van der Waals surface area contributed by atoms with Crippen molar-refractivity contribution in [2.45, 2.75) is 31.0 Å². The molecule has 25 heavy (non-hydrogen) atoms. The predicted molar refractivity (Wildman–Crippen MR) is 96.3 cm³/mol. The Balaban J connectivity index is 2.15. The first kappa shape index (κ1) is 18.7. The minimum absolute atomic E-state index is 0.261. The van der Waals surface area contributed by atoms with Gasteiger partial charge in [0.25, 0.3) is 0 Å². The van der Waals surface area contributed by atoms with Crippen molar-refractivity contribution in [3.05, 3.63) is 45.9 Å². The lowest BCUT2D eigenvalue weighted by atomic mass is 10.2. The number of carbonyl (C=O) groups excluding carboxylic acids is 1. The van der Waals surface area contributed by atoms with Gasteiger partial charge >= 0.3 is 0 Å². The summed E-state index contributed by atoms with van der Waals surface area (Å²) in [4.78, 5) is 20.8. The molecule has 1 unspecified atom stereocenters. The smallest absolute Gasteiger partial charge is 0.237 e. The summed E-state index contributed by atoms with van der Waals surface area (Å²) in [5.41, 5.74) is 1.80. The van der Waals surface area contributed by atoms with Crippen molar-refractivity contribution in [1.82, 2.24) is 9.97 Å². The van der Waals surface area contributed by atoms with Gasteiger partial charge in [0.2, 0.25) is 5.91 Å². The van der Waals surface area contributed by atoms with Gasteiger partial charge in [0.05, 0.1) is 21.5 Å². The van der Waals surface area contributed by atoms with Crippen LogP contribution in [0.1, 0.15) is 29.6 Å². The second-order valence-corrected chi connectivity index (χ2v) is 6.94. The molecule has 2 aromatic rings. The van der Waals surface area contributed by atoms with E-state index in [1.54, 1.807) is 32.9 Å². The van der Waals surface area contributed by atoms with E-state index in [1.807, 2.05) is 6.07 Å². The van der Waals surface area contributed by atoms with Gasteiger partial charge in [0, 0.05) is 5.69 Å². The van der Waals surface area contributed by atoms with Crippen LogP contribution in [0, 0.1) is 36.5 Å². The summed E-state index contributed by atoms with van der Waals surface area (Å²) in [5.74, 6) is 0.286. The maximum Gasteiger partial charge on any atom is 0.237 e. The topological polar surface area (TPSA) is 102 Å². The van der Waals surface area contributed by atoms with Gasteiger partial charge in [0.1, 0.15) is 28.6 Å². The van der Waals surface area contributed by atoms with Crippen LogP contribution < -0.4 is 5.32 Å². The maximum absolute atomic E-state index is 12.4. The van der Waals surface area contributed by atoms with Crippen LogP contribution in [0.4, 0.5) is 5.69 Å². The molecule has 0 saturated carbocycles. The van der Waals surface area contributed by atoms with E-state index >= 15 is 0 Å². The highest BCUT2D eigenvalue weighted by molar-refractivity contribution is 8.00. The average Bonchev–Trinajstić information content (AvgIpc) is 2.54. The fourth-order valence-corrected chi connectivity index (χ4v) is 3.26. The zero-order valence-electron chi connectivity index (χ0n) is 13.8. The minimum atomic E-state index is -0.491. The van der Waals surface area contributed by atoms with Gasteiger partial charge in [-0.15, -0.1) is 0 Å². The van der Waals surface area contributed by atoms with E-state index in [0.29, 0.717) is 33.4 Å². The Bertz CT molecular complexity index is 916. The number of aryl methyl sites for hydroxylation is 2. The summed E-state index contributed by atoms with van der Waals surface area (Å²) >= 11 is 7.16. The summed E-state index contributed by atoms with van der Waals surface area (Å²) < 4.78 is 0. The van der Waals surface area contributed by atoms with E-state index in [-0.39, 0.29) is 10.9 Å². The number of carbonyl (C=O) groups is 1. The number of nitriles is 2. The normalized spacial score (nSPS) is 11.3. The highest BCUT2D eigenvalue weighted by atomic mass is 35.5. The Morgan fingerprint density at radius 1 is 1.28 bits per heavy atom. The molecule has 0 aliphatic heterocycles. The van der Waals surface area contributed by atoms with Crippen LogP contribution in [0.25, 0.3) is 0 Å². The largest absolute Gasteiger partial charge is 0.325 e. The lowest BCUT2D eigenvalue weighted by Gasteiger charge is -2.13. The zero-order valence-corrected chi connectivity index (χ0v) is 15.4. The first-order chi connectivity index (χ1) is 11.8. The lowest BCUT2D eigenvalue weighted by Crippen LogP contribution is -2.22. The molecule has 126 valence electrons. The Kier molecular flexibility index (Phi) is 5.97. The number of halogens is 1. The maximum atomic E-state index is 12.4. The third-order valence-electron chi connectivity index (χ3n) is 3.30. The molecular formula is C17H14ClN5OS. The molecule has 0 fully saturated rings. The van der Waals surface area contributed by atoms with Crippen LogP contribution in [0.15, 0.2) is 23.2 Å². The van der Waals surface area contributed by atoms with Crippen LogP contribution in [0.2, 0.25) is 5.02 Å². The van der Waals surface area contributed by atoms with Gasteiger partial charge in [-0.25, -0.2) is 9.97 Å². The number of amides is 1. The van der Waals surface area contributed by atoms with Crippen molar-refractivity contribution in [3.63, 3.8) is 0 Å². The van der Waals surface area contributed by atoms with Crippen molar-refractivity contribution in [2.24, 2.45) is 0 Å². The monoisotopic (exact) mass is 371 g/mol. The molecule has 2 rings (SSSR count). The zero-order chi connectivity index (χ0) is 18.6. The van der Waals surface area contributed by atoms with Crippen LogP contribution in [-0.2, 0) is 4.79 Å². The van der Waals surface area contributed by atoms with Crippen LogP contribution in [0.5, 0.6) is 0 Å². The SMILES string of the molecule is Cc1nc(C)c(C#N)c(SC(C)C(=O)Nc2ccc(C#N)c(Cl)c2)n1. The number of aromatic nitrogens is 2. The lowest BCUT2D eigenvalue weighted by molar-refractivity contribution is -0.115. The first-order valence-corrected chi connectivity index (χ1v) is 8.54. The Hall–Kier alpha value is -2.61. The van der Waals surface area contributed by atoms with E-state index < -0.39 is 5.25 Å². The van der Waals surface area contributed by atoms with E-state index in [9.17, 15) is 10.1 Å². The number of nitrogens with one attached hydrogen (secondary N) is 1. The number of hydrogen-bond donors (Lipinski definition) is 1. The summed E-state index contributed by atoms with van der Waals surface area (Å²) in [6, 6.07) is 8.72. The molecule has 0 aliphatic rings. The van der Waals surface area contributed by atoms with Crippen molar-refractivity contribution in [2.75, 3.05) is 5.32 Å². The van der Waals surface area contributed by atoms with E-state index in [4.69, 9.17) is 16.9 Å². The molecule has 1 N–H and O–H groups in total. The molecule has 0 saturated heterocycles. The number of thioether (sulfide) groups is 1. The molecule has 1 aromatic carbocycles. The standard InChI is InChI=1S/C17H14ClN5OS/c1-9-14(8-20)17(22-11(3)21-9)25-10(2)16(24)23-13-5-4-12(7-19)15(18)6-13/h4-6,10H,1-3H3,(H,23,24). The molecule has 0 bridgehead atoms. The van der Waals surface area contributed by atoms with Crippen molar-refractivity contribution >= 4 is 35.0 Å². The molecule has 1 atom stereocenters. The molecular weight excluding hydrogens is 358 g/mol. The van der Waals surface area contributed by atoms with Crippen LogP contribution in [-0.4, -0.2) is 21.1 Å². The molecule has 0 aliphatic carbocycles. The molecule has 0 spiro atoms. The summed E-state index contributed by atoms with van der Waals surface area (Å²) in [6.45, 7) is 5.20. The number of nitrogens with zero attached hydrogens (tertiary/aromatic N) is 4. The number of benzene rings is 1. The second-order valence-electron chi connectivity index (χ2n) is 5.20. The van der Waals surface area contributed by atoms with Gasteiger partial charge in [-0.05, 0) is 39.0 Å². The highest BCUT2D eigenvalue weighted by Gasteiger charge is 2.19. The quantitative estimate of drug-likeness (QED) is 0.650. The van der Waals surface area contributed by atoms with Gasteiger partial charge in [-0.3, -0.25) is 4.79 Å². The van der Waals surface area contributed by atoms with E-state index in [0.717, 1.165) is 0 Å². The third kappa shape index (κ3) is 4.48. The highest BCUT2D eigenvalue weighted by Crippen LogP contribution is 2.27. The molecule has 1 aromatic heterocycles. The average molecular weight is 372 g/mol. The molecule has 8 heteroatoms. The fraction of sp³-hybridized carbons (Fsp3) is 0.235. The fourth-order valence-electron chi connectivity index (χ4n) is 2.04. The van der Waals surface area contributed by atoms with Gasteiger partial charge < -0.3 is 5.32 Å². The summed E-state index contributed by atoms with van der Waals surface area (Å²) in [7, 11) is 0. The summed E-state index contributed by atoms with van der Waals surface area (Å²) in [5, 5.41) is 21.1. The van der Waals surface area contributed by atoms with E-state index in [2.05, 4.69) is 21.4 Å². The predicted octanol–water partition coefficient (Wildman–Crippen LogP) is 3.61. The van der Waals surface area contributed by atoms with Crippen LogP contribution >= 0.6 is 23.4 Å². The third-order valence-corrected chi connectivity index (χ3v) is 4.69. The minimum Gasteiger partial charge on any atom is -0.325 e. The number of hydrogen-bond acceptors (Lipinski definition) is 6. The second kappa shape index (κ2) is 7.98. The summed E-state index contributed by atoms with van der Waals surface area (Å²) in [6.07, 6.45) is 0. The van der Waals surface area contributed by atoms with E-state index in [1.165, 1.54) is 17.8 Å². The Morgan fingerprint density at radius 2 is 2.00 bits per heavy atom. The van der Waals surface area contributed by atoms with Gasteiger partial charge in [-0.2, -0.15) is 10.5 Å². The molecule has 1 amide bonds. The van der Waals surface area contributed by atoms with Crippen molar-refractivity contribution in [3.8, 4) is 12.1 Å². The number of anilines is 1. The Labute approximate surface area is 154 Å². The first-order valence-electron chi connectivity index (χ1n) is 7.28. The number of rotatable bonds is 4. The molecule has 0 radical (unpaired) electrons. The van der Waals surface area contributed by atoms with Crippen molar-refractivity contribution < 1.29 is 4.79 Å². The molecule has 6 nitrogen and oxygen atoms in total.